The predicted octanol–water partition coefficient (Wildman–Crippen LogP) is 1.94. The van der Waals surface area contributed by atoms with Crippen molar-refractivity contribution in [2.75, 3.05) is 5.88 Å². The molecule has 3 heteroatoms. The molecule has 10 heavy (non-hydrogen) atoms. The van der Waals surface area contributed by atoms with Crippen LogP contribution in [0.25, 0.3) is 0 Å². The van der Waals surface area contributed by atoms with E-state index in [9.17, 15) is 5.11 Å². The molecule has 0 spiro atoms. The maximum Gasteiger partial charge on any atom is 0.132 e. The molecule has 0 fully saturated rings. The standard InChI is InChI=1S/C7H9ClO2/c8-4-3-6(9)7-2-1-5-10-7/h1-2,5-6,9H,3-4H2. The Morgan fingerprint density at radius 2 is 2.50 bits per heavy atom. The smallest absolute Gasteiger partial charge is 0.132 e. The molecule has 1 rings (SSSR count). The molecule has 1 aromatic rings. The summed E-state index contributed by atoms with van der Waals surface area (Å²) in [6, 6.07) is 3.48. The zero-order valence-electron chi connectivity index (χ0n) is 5.46. The number of furan rings is 1. The summed E-state index contributed by atoms with van der Waals surface area (Å²) in [5, 5.41) is 9.23. The van der Waals surface area contributed by atoms with Gasteiger partial charge in [-0.15, -0.1) is 11.6 Å². The van der Waals surface area contributed by atoms with Gasteiger partial charge in [-0.2, -0.15) is 0 Å². The Morgan fingerprint density at radius 1 is 1.70 bits per heavy atom. The van der Waals surface area contributed by atoms with Crippen LogP contribution >= 0.6 is 11.6 Å². The molecule has 1 atom stereocenters. The summed E-state index contributed by atoms with van der Waals surface area (Å²) in [5.41, 5.74) is 0. The number of alkyl halides is 1. The highest BCUT2D eigenvalue weighted by Gasteiger charge is 2.07. The third kappa shape index (κ3) is 1.75. The van der Waals surface area contributed by atoms with Crippen molar-refractivity contribution in [1.82, 2.24) is 0 Å². The van der Waals surface area contributed by atoms with Crippen molar-refractivity contribution >= 4 is 11.6 Å². The van der Waals surface area contributed by atoms with E-state index in [0.29, 0.717) is 18.1 Å². The Bertz CT molecular complexity index is 172. The molecular weight excluding hydrogens is 152 g/mol. The summed E-state index contributed by atoms with van der Waals surface area (Å²) in [4.78, 5) is 0. The van der Waals surface area contributed by atoms with Crippen LogP contribution in [0.4, 0.5) is 0 Å². The lowest BCUT2D eigenvalue weighted by Gasteiger charge is -2.02. The molecule has 0 saturated carbocycles. The molecule has 1 unspecified atom stereocenters. The van der Waals surface area contributed by atoms with Gasteiger partial charge in [0.05, 0.1) is 6.26 Å². The second kappa shape index (κ2) is 3.64. The van der Waals surface area contributed by atoms with Crippen LogP contribution in [0.1, 0.15) is 18.3 Å². The third-order valence-electron chi connectivity index (χ3n) is 1.25. The van der Waals surface area contributed by atoms with Gasteiger partial charge in [0.25, 0.3) is 0 Å². The van der Waals surface area contributed by atoms with Crippen LogP contribution in [-0.2, 0) is 0 Å². The van der Waals surface area contributed by atoms with Crippen molar-refractivity contribution in [3.8, 4) is 0 Å². The van der Waals surface area contributed by atoms with Crippen LogP contribution in [0.2, 0.25) is 0 Å². The maximum absolute atomic E-state index is 9.23. The molecule has 0 aliphatic rings. The summed E-state index contributed by atoms with van der Waals surface area (Å²) in [5.74, 6) is 1.03. The van der Waals surface area contributed by atoms with Gasteiger partial charge < -0.3 is 9.52 Å². The first kappa shape index (κ1) is 7.63. The first-order valence-electron chi connectivity index (χ1n) is 3.12. The molecule has 1 N–H and O–H groups in total. The zero-order chi connectivity index (χ0) is 7.40. The molecule has 0 bridgehead atoms. The van der Waals surface area contributed by atoms with Crippen molar-refractivity contribution < 1.29 is 9.52 Å². The van der Waals surface area contributed by atoms with Gasteiger partial charge in [0, 0.05) is 5.88 Å². The molecule has 0 saturated heterocycles. The van der Waals surface area contributed by atoms with Crippen LogP contribution in [0.5, 0.6) is 0 Å². The van der Waals surface area contributed by atoms with E-state index in [1.165, 1.54) is 6.26 Å². The van der Waals surface area contributed by atoms with Crippen molar-refractivity contribution in [3.63, 3.8) is 0 Å². The monoisotopic (exact) mass is 160 g/mol. The number of aliphatic hydroxyl groups is 1. The Labute approximate surface area is 64.4 Å². The van der Waals surface area contributed by atoms with E-state index in [4.69, 9.17) is 16.0 Å². The van der Waals surface area contributed by atoms with E-state index >= 15 is 0 Å². The van der Waals surface area contributed by atoms with Gasteiger partial charge in [0.15, 0.2) is 0 Å². The van der Waals surface area contributed by atoms with Crippen LogP contribution in [-0.4, -0.2) is 11.0 Å². The Morgan fingerprint density at radius 3 is 3.00 bits per heavy atom. The molecular formula is C7H9ClO2. The second-order valence-electron chi connectivity index (χ2n) is 2.01. The average Bonchev–Trinajstić information content (AvgIpc) is 2.38. The molecule has 0 aliphatic heterocycles. The lowest BCUT2D eigenvalue weighted by Crippen LogP contribution is -1.95. The van der Waals surface area contributed by atoms with Gasteiger partial charge in [0.1, 0.15) is 11.9 Å². The van der Waals surface area contributed by atoms with Gasteiger partial charge in [-0.1, -0.05) is 0 Å². The van der Waals surface area contributed by atoms with E-state index in [0.717, 1.165) is 0 Å². The highest BCUT2D eigenvalue weighted by Crippen LogP contribution is 2.16. The highest BCUT2D eigenvalue weighted by atomic mass is 35.5. The van der Waals surface area contributed by atoms with Crippen molar-refractivity contribution in [2.45, 2.75) is 12.5 Å². The zero-order valence-corrected chi connectivity index (χ0v) is 6.21. The van der Waals surface area contributed by atoms with Gasteiger partial charge >= 0.3 is 0 Å². The summed E-state index contributed by atoms with van der Waals surface area (Å²) in [6.45, 7) is 0. The van der Waals surface area contributed by atoms with Crippen LogP contribution in [0.15, 0.2) is 22.8 Å². The van der Waals surface area contributed by atoms with E-state index in [-0.39, 0.29) is 0 Å². The third-order valence-corrected chi connectivity index (χ3v) is 1.47. The molecule has 0 aliphatic carbocycles. The van der Waals surface area contributed by atoms with Gasteiger partial charge in [0.2, 0.25) is 0 Å². The van der Waals surface area contributed by atoms with Gasteiger partial charge in [-0.05, 0) is 18.6 Å². The Balaban J connectivity index is 2.50. The molecule has 1 heterocycles. The number of halogens is 1. The number of rotatable bonds is 3. The SMILES string of the molecule is OC(CCCl)c1ccco1. The summed E-state index contributed by atoms with van der Waals surface area (Å²) in [6.07, 6.45) is 1.52. The summed E-state index contributed by atoms with van der Waals surface area (Å²) in [7, 11) is 0. The first-order valence-corrected chi connectivity index (χ1v) is 3.65. The fourth-order valence-electron chi connectivity index (χ4n) is 0.726. The lowest BCUT2D eigenvalue weighted by atomic mass is 10.2. The lowest BCUT2D eigenvalue weighted by molar-refractivity contribution is 0.146. The maximum atomic E-state index is 9.23. The van der Waals surface area contributed by atoms with Crippen LogP contribution in [0.3, 0.4) is 0 Å². The topological polar surface area (TPSA) is 33.4 Å². The van der Waals surface area contributed by atoms with Gasteiger partial charge in [-0.3, -0.25) is 0 Å². The van der Waals surface area contributed by atoms with Crippen LogP contribution in [0, 0.1) is 0 Å². The van der Waals surface area contributed by atoms with Crippen molar-refractivity contribution in [3.05, 3.63) is 24.2 Å². The predicted molar refractivity (Wildman–Crippen MR) is 39.0 cm³/mol. The number of hydrogen-bond acceptors (Lipinski definition) is 2. The molecule has 0 radical (unpaired) electrons. The molecule has 56 valence electrons. The van der Waals surface area contributed by atoms with E-state index in [1.54, 1.807) is 12.1 Å². The van der Waals surface area contributed by atoms with E-state index in [2.05, 4.69) is 0 Å². The minimum Gasteiger partial charge on any atom is -0.467 e. The Kier molecular flexibility index (Phi) is 2.78. The quantitative estimate of drug-likeness (QED) is 0.686. The van der Waals surface area contributed by atoms with Crippen LogP contribution < -0.4 is 0 Å². The molecule has 0 aromatic carbocycles. The fourth-order valence-corrected chi connectivity index (χ4v) is 0.933. The minimum absolute atomic E-state index is 0.446. The Hall–Kier alpha value is -0.470. The van der Waals surface area contributed by atoms with E-state index in [1.807, 2.05) is 0 Å². The summed E-state index contributed by atoms with van der Waals surface area (Å²) < 4.78 is 4.94. The fraction of sp³-hybridized carbons (Fsp3) is 0.429. The van der Waals surface area contributed by atoms with Crippen molar-refractivity contribution in [1.29, 1.82) is 0 Å². The second-order valence-corrected chi connectivity index (χ2v) is 2.39. The normalized spacial score (nSPS) is 13.4. The molecule has 2 nitrogen and oxygen atoms in total. The van der Waals surface area contributed by atoms with Crippen molar-refractivity contribution in [2.24, 2.45) is 0 Å². The molecule has 1 aromatic heterocycles. The molecule has 0 amide bonds. The largest absolute Gasteiger partial charge is 0.467 e. The highest BCUT2D eigenvalue weighted by molar-refractivity contribution is 6.17. The average molecular weight is 161 g/mol. The number of hydrogen-bond donors (Lipinski definition) is 1. The first-order chi connectivity index (χ1) is 4.84. The minimum atomic E-state index is -0.549. The van der Waals surface area contributed by atoms with Gasteiger partial charge in [-0.25, -0.2) is 0 Å². The van der Waals surface area contributed by atoms with E-state index < -0.39 is 6.10 Å². The number of aliphatic hydroxyl groups excluding tert-OH is 1. The summed E-state index contributed by atoms with van der Waals surface area (Å²) >= 11 is 5.41.